The van der Waals surface area contributed by atoms with Crippen LogP contribution in [0.3, 0.4) is 0 Å². The molecule has 4 heterocycles. The van der Waals surface area contributed by atoms with Gasteiger partial charge in [0.15, 0.2) is 0 Å². The van der Waals surface area contributed by atoms with Crippen LogP contribution in [-0.4, -0.2) is 47.8 Å². The van der Waals surface area contributed by atoms with Gasteiger partial charge in [-0.15, -0.1) is 0 Å². The normalized spacial score (nSPS) is 9.91. The number of fused-ring (bicyclic) bond motifs is 1. The molecule has 89 heavy (non-hydrogen) atoms. The average molecular weight is 1170 g/mol. The van der Waals surface area contributed by atoms with Crippen molar-refractivity contribution in [1.29, 1.82) is 0 Å². The highest BCUT2D eigenvalue weighted by Gasteiger charge is 1.98. The standard InChI is InChI=1S/C13H12.C11H11N.C11H10.3C10H10N2.C9H13N.C7H8/c1-11-7-9-13(10-8-11)12-5-3-2-4-6-12;1-10-4-6-11(7-5-10)12-8-2-3-9-12;1-9-5-4-7-10-6-2-3-8-11(9)10;2*1-9-3-5-10(6-4-9)12-8-2-7-11-12;1-9-2-4-10(5-3-9)12-7-6-11-8-12;1-8-4-6-9(7-5-8)10(2)3;1-7-5-3-2-4-6-7/h2-10H,1H3;2-9H,1H3;2-8H,1H3;3*2-8H,1H3;4-7H,1-3H3;2-6H,1H3. The maximum absolute atomic E-state index is 4.13. The number of imidazole rings is 1. The number of rotatable bonds is 6. The monoisotopic (exact) mass is 1170 g/mol. The third-order valence-electron chi connectivity index (χ3n) is 14.0. The van der Waals surface area contributed by atoms with Gasteiger partial charge in [0, 0.05) is 80.7 Å². The molecule has 0 aliphatic carbocycles. The quantitative estimate of drug-likeness (QED) is 0.166. The molecule has 10 aromatic carbocycles. The van der Waals surface area contributed by atoms with Gasteiger partial charge in [-0.05, 0) is 168 Å². The average Bonchev–Trinajstić information content (AvgIpc) is 4.60. The molecule has 0 saturated carbocycles. The van der Waals surface area contributed by atoms with E-state index in [1.807, 2.05) is 108 Å². The molecule has 0 bridgehead atoms. The number of hydrogen-bond acceptors (Lipinski definition) is 4. The summed E-state index contributed by atoms with van der Waals surface area (Å²) < 4.78 is 7.78. The van der Waals surface area contributed by atoms with Crippen LogP contribution in [0.25, 0.3) is 44.6 Å². The van der Waals surface area contributed by atoms with E-state index in [0.717, 1.165) is 17.1 Å². The van der Waals surface area contributed by atoms with Crippen LogP contribution >= 0.6 is 0 Å². The molecule has 4 aromatic heterocycles. The van der Waals surface area contributed by atoms with Gasteiger partial charge in [-0.25, -0.2) is 14.3 Å². The maximum atomic E-state index is 4.13. The fourth-order valence-corrected chi connectivity index (χ4v) is 8.73. The van der Waals surface area contributed by atoms with E-state index < -0.39 is 0 Å². The Morgan fingerprint density at radius 1 is 0.281 bits per heavy atom. The molecule has 0 amide bonds. The summed E-state index contributed by atoms with van der Waals surface area (Å²) in [6.07, 6.45) is 17.0. The first kappa shape index (κ1) is 65.7. The molecular formula is C81H84N8. The molecule has 0 radical (unpaired) electrons. The molecule has 0 N–H and O–H groups in total. The SMILES string of the molecule is Cc1ccc(-c2ccccc2)cc1.Cc1ccc(-n2cccc2)cc1.Cc1ccc(-n2cccn2)cc1.Cc1ccc(-n2cccn2)cc1.Cc1ccc(-n2ccnc2)cc1.Cc1ccc(N(C)C)cc1.Cc1cccc2ccccc12.Cc1ccccc1. The van der Waals surface area contributed by atoms with E-state index in [9.17, 15) is 0 Å². The van der Waals surface area contributed by atoms with Crippen LogP contribution in [0.4, 0.5) is 5.69 Å². The Morgan fingerprint density at radius 3 is 1.07 bits per heavy atom. The summed E-state index contributed by atoms with van der Waals surface area (Å²) in [5.41, 5.74) is 18.8. The van der Waals surface area contributed by atoms with Gasteiger partial charge in [-0.1, -0.05) is 227 Å². The fourth-order valence-electron chi connectivity index (χ4n) is 8.73. The lowest BCUT2D eigenvalue weighted by Crippen LogP contribution is -2.07. The molecule has 8 nitrogen and oxygen atoms in total. The summed E-state index contributed by atoms with van der Waals surface area (Å²) >= 11 is 0. The van der Waals surface area contributed by atoms with E-state index in [2.05, 4.69) is 304 Å². The van der Waals surface area contributed by atoms with Crippen molar-refractivity contribution in [2.24, 2.45) is 0 Å². The number of nitrogens with zero attached hydrogens (tertiary/aromatic N) is 8. The van der Waals surface area contributed by atoms with Gasteiger partial charge in [-0.3, -0.25) is 0 Å². The van der Waals surface area contributed by atoms with E-state index >= 15 is 0 Å². The Balaban J connectivity index is 0.000000146. The van der Waals surface area contributed by atoms with Crippen molar-refractivity contribution >= 4 is 16.5 Å². The highest BCUT2D eigenvalue weighted by atomic mass is 15.3. The van der Waals surface area contributed by atoms with Crippen molar-refractivity contribution in [2.45, 2.75) is 55.4 Å². The summed E-state index contributed by atoms with van der Waals surface area (Å²) in [5.74, 6) is 0. The lowest BCUT2D eigenvalue weighted by molar-refractivity contribution is 0.880. The Kier molecular flexibility index (Phi) is 26.3. The number of anilines is 1. The first-order valence-electron chi connectivity index (χ1n) is 30.0. The van der Waals surface area contributed by atoms with Crippen molar-refractivity contribution in [3.63, 3.8) is 0 Å². The Morgan fingerprint density at radius 2 is 0.663 bits per heavy atom. The Labute approximate surface area is 529 Å². The number of aryl methyl sites for hydroxylation is 8. The van der Waals surface area contributed by atoms with Gasteiger partial charge in [0.05, 0.1) is 17.7 Å². The van der Waals surface area contributed by atoms with E-state index in [-0.39, 0.29) is 0 Å². The van der Waals surface area contributed by atoms with Crippen LogP contribution < -0.4 is 4.90 Å². The van der Waals surface area contributed by atoms with Crippen molar-refractivity contribution < 1.29 is 0 Å². The van der Waals surface area contributed by atoms with Crippen molar-refractivity contribution in [1.82, 2.24) is 33.7 Å². The first-order chi connectivity index (χ1) is 43.3. The third kappa shape index (κ3) is 22.8. The molecule has 0 spiro atoms. The van der Waals surface area contributed by atoms with Gasteiger partial charge < -0.3 is 14.0 Å². The largest absolute Gasteiger partial charge is 0.378 e. The molecule has 8 heteroatoms. The van der Waals surface area contributed by atoms with Gasteiger partial charge in [0.25, 0.3) is 0 Å². The van der Waals surface area contributed by atoms with Gasteiger partial charge in [-0.2, -0.15) is 10.2 Å². The molecule has 0 saturated heterocycles. The molecule has 0 fully saturated rings. The third-order valence-corrected chi connectivity index (χ3v) is 14.0. The van der Waals surface area contributed by atoms with E-state index in [1.165, 1.54) is 77.8 Å². The summed E-state index contributed by atoms with van der Waals surface area (Å²) in [4.78, 5) is 6.08. The molecule has 0 aliphatic heterocycles. The molecule has 0 unspecified atom stereocenters. The lowest BCUT2D eigenvalue weighted by Gasteiger charge is -2.11. The van der Waals surface area contributed by atoms with Gasteiger partial charge in [0.2, 0.25) is 0 Å². The predicted octanol–water partition coefficient (Wildman–Crippen LogP) is 20.2. The van der Waals surface area contributed by atoms with Gasteiger partial charge >= 0.3 is 0 Å². The Bertz CT molecular complexity index is 3780. The number of aromatic nitrogens is 7. The van der Waals surface area contributed by atoms with Crippen LogP contribution in [0.1, 0.15) is 44.5 Å². The summed E-state index contributed by atoms with van der Waals surface area (Å²) in [6.45, 7) is 16.8. The highest BCUT2D eigenvalue weighted by molar-refractivity contribution is 5.85. The summed E-state index contributed by atoms with van der Waals surface area (Å²) in [7, 11) is 4.09. The van der Waals surface area contributed by atoms with Crippen LogP contribution in [0.15, 0.2) is 329 Å². The van der Waals surface area contributed by atoms with Crippen molar-refractivity contribution in [3.05, 3.63) is 373 Å². The minimum atomic E-state index is 1.10. The molecular weight excluding hydrogens is 1080 g/mol. The molecule has 14 aromatic rings. The van der Waals surface area contributed by atoms with Crippen molar-refractivity contribution in [3.8, 4) is 33.9 Å². The highest BCUT2D eigenvalue weighted by Crippen LogP contribution is 2.20. The number of benzene rings is 10. The van der Waals surface area contributed by atoms with E-state index in [0.29, 0.717) is 0 Å². The zero-order valence-corrected chi connectivity index (χ0v) is 53.3. The fraction of sp³-hybridized carbons (Fsp3) is 0.123. The Hall–Kier alpha value is -10.8. The van der Waals surface area contributed by atoms with E-state index in [1.54, 1.807) is 24.9 Å². The van der Waals surface area contributed by atoms with Crippen LogP contribution in [0.5, 0.6) is 0 Å². The zero-order chi connectivity index (χ0) is 63.0. The van der Waals surface area contributed by atoms with Crippen LogP contribution in [-0.2, 0) is 0 Å². The lowest BCUT2D eigenvalue weighted by atomic mass is 10.0. The van der Waals surface area contributed by atoms with Crippen molar-refractivity contribution in [2.75, 3.05) is 19.0 Å². The second kappa shape index (κ2) is 35.6. The predicted molar refractivity (Wildman–Crippen MR) is 377 cm³/mol. The van der Waals surface area contributed by atoms with Gasteiger partial charge in [0.1, 0.15) is 0 Å². The smallest absolute Gasteiger partial charge is 0.0991 e. The zero-order valence-electron chi connectivity index (χ0n) is 53.3. The minimum Gasteiger partial charge on any atom is -0.378 e. The van der Waals surface area contributed by atoms with Crippen LogP contribution in [0, 0.1) is 55.4 Å². The second-order valence-corrected chi connectivity index (χ2v) is 21.7. The number of hydrogen-bond donors (Lipinski definition) is 0. The first-order valence-corrected chi connectivity index (χ1v) is 30.0. The molecule has 448 valence electrons. The minimum absolute atomic E-state index is 1.10. The van der Waals surface area contributed by atoms with E-state index in [4.69, 9.17) is 0 Å². The maximum Gasteiger partial charge on any atom is 0.0991 e. The second-order valence-electron chi connectivity index (χ2n) is 21.7. The summed E-state index contributed by atoms with van der Waals surface area (Å²) in [5, 5.41) is 10.9. The molecule has 0 atom stereocenters. The topological polar surface area (TPSA) is 61.6 Å². The molecule has 0 aliphatic rings. The van der Waals surface area contributed by atoms with Crippen LogP contribution in [0.2, 0.25) is 0 Å². The summed E-state index contributed by atoms with van der Waals surface area (Å²) in [6, 6.07) is 93.9. The molecule has 14 rings (SSSR count).